The van der Waals surface area contributed by atoms with E-state index in [4.69, 9.17) is 11.6 Å². The summed E-state index contributed by atoms with van der Waals surface area (Å²) in [7, 11) is 2.05. The van der Waals surface area contributed by atoms with Crippen molar-refractivity contribution < 1.29 is 0 Å². The fraction of sp³-hybridized carbons (Fsp3) is 0.625. The van der Waals surface area contributed by atoms with E-state index in [0.29, 0.717) is 0 Å². The molecule has 0 aromatic carbocycles. The molecule has 0 radical (unpaired) electrons. The van der Waals surface area contributed by atoms with Crippen molar-refractivity contribution in [1.82, 2.24) is 14.7 Å². The highest BCUT2D eigenvalue weighted by atomic mass is 35.5. The van der Waals surface area contributed by atoms with Crippen LogP contribution < -0.4 is 0 Å². The van der Waals surface area contributed by atoms with Crippen LogP contribution in [0.5, 0.6) is 0 Å². The Balaban J connectivity index is 2.69. The highest BCUT2D eigenvalue weighted by molar-refractivity contribution is 6.31. The fourth-order valence-electron chi connectivity index (χ4n) is 0.895. The lowest BCUT2D eigenvalue weighted by Crippen LogP contribution is -2.22. The predicted molar refractivity (Wildman–Crippen MR) is 50.3 cm³/mol. The van der Waals surface area contributed by atoms with Crippen molar-refractivity contribution in [2.75, 3.05) is 13.6 Å². The predicted octanol–water partition coefficient (Wildman–Crippen LogP) is 1.75. The quantitative estimate of drug-likeness (QED) is 0.719. The molecule has 1 heterocycles. The zero-order valence-corrected chi connectivity index (χ0v) is 8.47. The average Bonchev–Trinajstić information content (AvgIpc) is 2.36. The summed E-state index contributed by atoms with van der Waals surface area (Å²) in [6.45, 7) is 5.89. The number of hydrogen-bond acceptors (Lipinski definition) is 2. The van der Waals surface area contributed by atoms with E-state index < -0.39 is 0 Å². The number of rotatable bonds is 3. The second kappa shape index (κ2) is 3.92. The minimum absolute atomic E-state index is 0.736. The molecule has 0 amide bonds. The molecule has 0 spiro atoms. The van der Waals surface area contributed by atoms with E-state index in [2.05, 4.69) is 24.0 Å². The van der Waals surface area contributed by atoms with Crippen LogP contribution in [0.3, 0.4) is 0 Å². The molecule has 12 heavy (non-hydrogen) atoms. The van der Waals surface area contributed by atoms with E-state index in [0.717, 1.165) is 23.9 Å². The highest BCUT2D eigenvalue weighted by Crippen LogP contribution is 2.12. The first kappa shape index (κ1) is 9.55. The molecular weight excluding hydrogens is 174 g/mol. The lowest BCUT2D eigenvalue weighted by Gasteiger charge is -2.14. The van der Waals surface area contributed by atoms with Crippen molar-refractivity contribution >= 4 is 11.6 Å². The Labute approximate surface area is 77.9 Å². The van der Waals surface area contributed by atoms with E-state index in [-0.39, 0.29) is 0 Å². The molecule has 0 unspecified atom stereocenters. The van der Waals surface area contributed by atoms with Gasteiger partial charge in [0.25, 0.3) is 0 Å². The van der Waals surface area contributed by atoms with E-state index in [1.54, 1.807) is 6.20 Å². The van der Waals surface area contributed by atoms with Crippen LogP contribution in [-0.2, 0) is 6.67 Å². The van der Waals surface area contributed by atoms with E-state index in [1.807, 2.05) is 11.6 Å². The lowest BCUT2D eigenvalue weighted by molar-refractivity contribution is 0.264. The highest BCUT2D eigenvalue weighted by Gasteiger charge is 2.04. The smallest absolute Gasteiger partial charge is 0.0929 e. The standard InChI is InChI=1S/C8H14ClN3/c1-4-11(3)6-12-7(2)8(9)5-10-12/h5H,4,6H2,1-3H3. The summed E-state index contributed by atoms with van der Waals surface area (Å²) >= 11 is 5.85. The van der Waals surface area contributed by atoms with E-state index >= 15 is 0 Å². The number of halogens is 1. The molecule has 0 bridgehead atoms. The summed E-state index contributed by atoms with van der Waals surface area (Å²) in [6.07, 6.45) is 1.68. The zero-order valence-electron chi connectivity index (χ0n) is 7.71. The van der Waals surface area contributed by atoms with Gasteiger partial charge in [-0.15, -0.1) is 0 Å². The molecule has 0 aliphatic rings. The monoisotopic (exact) mass is 187 g/mol. The molecule has 3 nitrogen and oxygen atoms in total. The van der Waals surface area contributed by atoms with Gasteiger partial charge in [0, 0.05) is 0 Å². The van der Waals surface area contributed by atoms with Gasteiger partial charge in [0.1, 0.15) is 0 Å². The average molecular weight is 188 g/mol. The van der Waals surface area contributed by atoms with Crippen molar-refractivity contribution in [3.8, 4) is 0 Å². The largest absolute Gasteiger partial charge is 0.288 e. The Morgan fingerprint density at radius 2 is 2.33 bits per heavy atom. The summed E-state index contributed by atoms with van der Waals surface area (Å²) in [5, 5.41) is 4.88. The maximum Gasteiger partial charge on any atom is 0.0929 e. The van der Waals surface area contributed by atoms with Gasteiger partial charge < -0.3 is 0 Å². The topological polar surface area (TPSA) is 21.1 Å². The fourth-order valence-corrected chi connectivity index (χ4v) is 1.04. The number of aromatic nitrogens is 2. The lowest BCUT2D eigenvalue weighted by atomic mass is 10.5. The van der Waals surface area contributed by atoms with Crippen LogP contribution in [0.2, 0.25) is 5.02 Å². The number of hydrogen-bond donors (Lipinski definition) is 0. The first-order valence-electron chi connectivity index (χ1n) is 4.01. The van der Waals surface area contributed by atoms with Crippen LogP contribution in [0.15, 0.2) is 6.20 Å². The second-order valence-corrected chi connectivity index (χ2v) is 3.30. The van der Waals surface area contributed by atoms with Crippen molar-refractivity contribution in [2.24, 2.45) is 0 Å². The normalized spacial score (nSPS) is 11.1. The van der Waals surface area contributed by atoms with Gasteiger partial charge in [0.2, 0.25) is 0 Å². The first-order chi connectivity index (χ1) is 5.65. The Bertz CT molecular complexity index is 257. The zero-order chi connectivity index (χ0) is 9.14. The molecule has 0 saturated carbocycles. The Kier molecular flexibility index (Phi) is 3.12. The second-order valence-electron chi connectivity index (χ2n) is 2.89. The van der Waals surface area contributed by atoms with Crippen molar-refractivity contribution in [3.63, 3.8) is 0 Å². The third kappa shape index (κ3) is 1.99. The first-order valence-corrected chi connectivity index (χ1v) is 4.39. The molecule has 4 heteroatoms. The Hall–Kier alpha value is -0.540. The van der Waals surface area contributed by atoms with Crippen molar-refractivity contribution in [2.45, 2.75) is 20.5 Å². The minimum atomic E-state index is 0.736. The summed E-state index contributed by atoms with van der Waals surface area (Å²) in [6, 6.07) is 0. The minimum Gasteiger partial charge on any atom is -0.288 e. The summed E-state index contributed by atoms with van der Waals surface area (Å²) < 4.78 is 1.89. The molecule has 0 N–H and O–H groups in total. The summed E-state index contributed by atoms with van der Waals surface area (Å²) in [4.78, 5) is 2.16. The molecule has 0 saturated heterocycles. The molecule has 0 aliphatic heterocycles. The third-order valence-electron chi connectivity index (χ3n) is 1.96. The molecule has 1 rings (SSSR count). The molecular formula is C8H14ClN3. The van der Waals surface area contributed by atoms with Gasteiger partial charge in [-0.1, -0.05) is 18.5 Å². The van der Waals surface area contributed by atoms with Crippen LogP contribution in [-0.4, -0.2) is 28.3 Å². The van der Waals surface area contributed by atoms with Crippen LogP contribution in [0.4, 0.5) is 0 Å². The molecule has 1 aromatic heterocycles. The van der Waals surface area contributed by atoms with Gasteiger partial charge in [-0.25, -0.2) is 0 Å². The molecule has 0 fully saturated rings. The van der Waals surface area contributed by atoms with Crippen LogP contribution >= 0.6 is 11.6 Å². The molecule has 68 valence electrons. The maximum atomic E-state index is 5.85. The molecule has 1 aromatic rings. The van der Waals surface area contributed by atoms with Gasteiger partial charge in [0.15, 0.2) is 0 Å². The summed E-state index contributed by atoms with van der Waals surface area (Å²) in [5.74, 6) is 0. The SMILES string of the molecule is CCN(C)Cn1ncc(Cl)c1C. The van der Waals surface area contributed by atoms with Gasteiger partial charge in [-0.3, -0.25) is 9.58 Å². The maximum absolute atomic E-state index is 5.85. The Morgan fingerprint density at radius 1 is 1.67 bits per heavy atom. The van der Waals surface area contributed by atoms with Crippen LogP contribution in [0, 0.1) is 6.92 Å². The van der Waals surface area contributed by atoms with Gasteiger partial charge in [0.05, 0.1) is 23.6 Å². The van der Waals surface area contributed by atoms with E-state index in [1.165, 1.54) is 0 Å². The molecule has 0 aliphatic carbocycles. The van der Waals surface area contributed by atoms with Gasteiger partial charge in [-0.2, -0.15) is 5.10 Å². The van der Waals surface area contributed by atoms with Crippen molar-refractivity contribution in [1.29, 1.82) is 0 Å². The Morgan fingerprint density at radius 3 is 2.75 bits per heavy atom. The van der Waals surface area contributed by atoms with Crippen LogP contribution in [0.1, 0.15) is 12.6 Å². The van der Waals surface area contributed by atoms with E-state index in [9.17, 15) is 0 Å². The van der Waals surface area contributed by atoms with Crippen LogP contribution in [0.25, 0.3) is 0 Å². The summed E-state index contributed by atoms with van der Waals surface area (Å²) in [5.41, 5.74) is 1.02. The van der Waals surface area contributed by atoms with Gasteiger partial charge >= 0.3 is 0 Å². The number of nitrogens with zero attached hydrogens (tertiary/aromatic N) is 3. The third-order valence-corrected chi connectivity index (χ3v) is 2.33. The molecule has 0 atom stereocenters. The van der Waals surface area contributed by atoms with Gasteiger partial charge in [-0.05, 0) is 20.5 Å². The van der Waals surface area contributed by atoms with Crippen molar-refractivity contribution in [3.05, 3.63) is 16.9 Å².